The molecule has 0 aliphatic carbocycles. The van der Waals surface area contributed by atoms with Crippen molar-refractivity contribution in [1.29, 1.82) is 0 Å². The highest BCUT2D eigenvalue weighted by atomic mass is 35.5. The summed E-state index contributed by atoms with van der Waals surface area (Å²) in [5, 5.41) is 8.85. The van der Waals surface area contributed by atoms with Gasteiger partial charge in [-0.25, -0.2) is 4.79 Å². The predicted octanol–water partition coefficient (Wildman–Crippen LogP) is 5.00. The maximum atomic E-state index is 12.3. The first kappa shape index (κ1) is 16.9. The number of hydrogen-bond acceptors (Lipinski definition) is 2. The second-order valence-corrected chi connectivity index (χ2v) is 4.89. The number of carboxylic acid groups (broad SMARTS) is 1. The summed E-state index contributed by atoms with van der Waals surface area (Å²) in [6.07, 6.45) is -2.45. The topological polar surface area (TPSA) is 46.5 Å². The van der Waals surface area contributed by atoms with E-state index in [1.807, 2.05) is 0 Å². The Hall–Kier alpha value is -2.47. The van der Waals surface area contributed by atoms with E-state index in [1.165, 1.54) is 30.3 Å². The summed E-state index contributed by atoms with van der Waals surface area (Å²) in [7, 11) is 0. The highest BCUT2D eigenvalue weighted by Gasteiger charge is 2.31. The smallest absolute Gasteiger partial charge is 0.478 e. The van der Waals surface area contributed by atoms with Gasteiger partial charge in [-0.3, -0.25) is 0 Å². The Morgan fingerprint density at radius 3 is 2.52 bits per heavy atom. The van der Waals surface area contributed by atoms with E-state index in [9.17, 15) is 18.0 Å². The van der Waals surface area contributed by atoms with Crippen molar-refractivity contribution >= 4 is 23.6 Å². The molecular weight excluding hydrogens is 333 g/mol. The zero-order valence-corrected chi connectivity index (χ0v) is 12.2. The van der Waals surface area contributed by atoms with Crippen molar-refractivity contribution in [2.75, 3.05) is 0 Å². The van der Waals surface area contributed by atoms with Gasteiger partial charge in [-0.2, -0.15) is 0 Å². The Kier molecular flexibility index (Phi) is 4.95. The van der Waals surface area contributed by atoms with Gasteiger partial charge >= 0.3 is 12.3 Å². The molecule has 1 N–H and O–H groups in total. The summed E-state index contributed by atoms with van der Waals surface area (Å²) in [5.74, 6) is -1.44. The quantitative estimate of drug-likeness (QED) is 0.795. The van der Waals surface area contributed by atoms with Crippen molar-refractivity contribution in [3.05, 3.63) is 59.1 Å². The number of halogens is 4. The molecule has 2 rings (SSSR count). The van der Waals surface area contributed by atoms with Gasteiger partial charge in [0.1, 0.15) is 5.75 Å². The zero-order chi connectivity index (χ0) is 17.0. The molecule has 2 aromatic carbocycles. The SMILES string of the molecule is O=C(O)/C=C/c1ccc(-c2cccc(OC(F)(F)F)c2)c(Cl)c1. The van der Waals surface area contributed by atoms with Crippen LogP contribution in [0.2, 0.25) is 5.02 Å². The third-order valence-corrected chi connectivity index (χ3v) is 3.10. The van der Waals surface area contributed by atoms with Crippen LogP contribution in [0.1, 0.15) is 5.56 Å². The molecular formula is C16H10ClF3O3. The van der Waals surface area contributed by atoms with Gasteiger partial charge in [0.05, 0.1) is 0 Å². The lowest BCUT2D eigenvalue weighted by atomic mass is 10.0. The Morgan fingerprint density at radius 2 is 1.91 bits per heavy atom. The first-order valence-electron chi connectivity index (χ1n) is 6.31. The number of ether oxygens (including phenoxy) is 1. The summed E-state index contributed by atoms with van der Waals surface area (Å²) in [4.78, 5) is 10.5. The standard InChI is InChI=1S/C16H10ClF3O3/c17-14-8-10(5-7-15(21)22)4-6-13(14)11-2-1-3-12(9-11)23-16(18,19)20/h1-9H,(H,21,22)/b7-5+. The number of aliphatic carboxylic acids is 1. The Morgan fingerprint density at radius 1 is 1.17 bits per heavy atom. The average molecular weight is 343 g/mol. The van der Waals surface area contributed by atoms with Crippen molar-refractivity contribution < 1.29 is 27.8 Å². The van der Waals surface area contributed by atoms with E-state index in [-0.39, 0.29) is 10.8 Å². The van der Waals surface area contributed by atoms with E-state index >= 15 is 0 Å². The van der Waals surface area contributed by atoms with Gasteiger partial charge in [0.25, 0.3) is 0 Å². The fourth-order valence-corrected chi connectivity index (χ4v) is 2.20. The van der Waals surface area contributed by atoms with Crippen molar-refractivity contribution in [3.63, 3.8) is 0 Å². The minimum Gasteiger partial charge on any atom is -0.478 e. The number of alkyl halides is 3. The Balaban J connectivity index is 2.32. The number of benzene rings is 2. The van der Waals surface area contributed by atoms with Crippen LogP contribution in [0.25, 0.3) is 17.2 Å². The van der Waals surface area contributed by atoms with Crippen molar-refractivity contribution in [2.45, 2.75) is 6.36 Å². The largest absolute Gasteiger partial charge is 0.573 e. The lowest BCUT2D eigenvalue weighted by Crippen LogP contribution is -2.17. The third-order valence-electron chi connectivity index (χ3n) is 2.79. The van der Waals surface area contributed by atoms with E-state index in [0.717, 1.165) is 6.08 Å². The molecule has 0 aliphatic heterocycles. The molecule has 23 heavy (non-hydrogen) atoms. The Labute approximate surface area is 134 Å². The second-order valence-electron chi connectivity index (χ2n) is 4.49. The van der Waals surface area contributed by atoms with Crippen molar-refractivity contribution in [2.24, 2.45) is 0 Å². The summed E-state index contributed by atoms with van der Waals surface area (Å²) >= 11 is 6.12. The summed E-state index contributed by atoms with van der Waals surface area (Å²) < 4.78 is 40.6. The highest BCUT2D eigenvalue weighted by Crippen LogP contribution is 2.32. The normalized spacial score (nSPS) is 11.7. The molecule has 0 saturated heterocycles. The summed E-state index contributed by atoms with van der Waals surface area (Å²) in [5.41, 5.74) is 1.51. The van der Waals surface area contributed by atoms with Crippen LogP contribution >= 0.6 is 11.6 Å². The number of hydrogen-bond donors (Lipinski definition) is 1. The molecule has 0 radical (unpaired) electrons. The fraction of sp³-hybridized carbons (Fsp3) is 0.0625. The number of rotatable bonds is 4. The van der Waals surface area contributed by atoms with E-state index in [4.69, 9.17) is 16.7 Å². The lowest BCUT2D eigenvalue weighted by molar-refractivity contribution is -0.274. The van der Waals surface area contributed by atoms with Gasteiger partial charge in [0, 0.05) is 16.7 Å². The van der Waals surface area contributed by atoms with Gasteiger partial charge < -0.3 is 9.84 Å². The van der Waals surface area contributed by atoms with Crippen LogP contribution in [0.3, 0.4) is 0 Å². The minimum absolute atomic E-state index is 0.279. The van der Waals surface area contributed by atoms with E-state index in [0.29, 0.717) is 16.7 Å². The van der Waals surface area contributed by atoms with Crippen molar-refractivity contribution in [1.82, 2.24) is 0 Å². The molecule has 3 nitrogen and oxygen atoms in total. The van der Waals surface area contributed by atoms with Crippen LogP contribution in [-0.4, -0.2) is 17.4 Å². The van der Waals surface area contributed by atoms with Crippen LogP contribution in [-0.2, 0) is 4.79 Å². The van der Waals surface area contributed by atoms with Gasteiger partial charge in [-0.1, -0.05) is 35.9 Å². The second kappa shape index (κ2) is 6.75. The predicted molar refractivity (Wildman–Crippen MR) is 80.2 cm³/mol. The molecule has 0 amide bonds. The number of carboxylic acids is 1. The fourth-order valence-electron chi connectivity index (χ4n) is 1.90. The molecule has 0 saturated carbocycles. The lowest BCUT2D eigenvalue weighted by Gasteiger charge is -2.11. The maximum Gasteiger partial charge on any atom is 0.573 e. The summed E-state index contributed by atoms with van der Waals surface area (Å²) in [6.45, 7) is 0. The average Bonchev–Trinajstić information content (AvgIpc) is 2.43. The Bertz CT molecular complexity index is 754. The first-order chi connectivity index (χ1) is 10.7. The van der Waals surface area contributed by atoms with Gasteiger partial charge in [0.2, 0.25) is 0 Å². The van der Waals surface area contributed by atoms with Crippen LogP contribution in [0.15, 0.2) is 48.5 Å². The van der Waals surface area contributed by atoms with Gasteiger partial charge in [-0.05, 0) is 35.4 Å². The maximum absolute atomic E-state index is 12.3. The highest BCUT2D eigenvalue weighted by molar-refractivity contribution is 6.33. The van der Waals surface area contributed by atoms with Crippen LogP contribution in [0, 0.1) is 0 Å². The molecule has 0 aliphatic rings. The molecule has 0 bridgehead atoms. The molecule has 7 heteroatoms. The van der Waals surface area contributed by atoms with Crippen molar-refractivity contribution in [3.8, 4) is 16.9 Å². The zero-order valence-electron chi connectivity index (χ0n) is 11.5. The summed E-state index contributed by atoms with van der Waals surface area (Å²) in [6, 6.07) is 10.2. The van der Waals surface area contributed by atoms with E-state index < -0.39 is 12.3 Å². The van der Waals surface area contributed by atoms with Gasteiger partial charge in [0.15, 0.2) is 0 Å². The molecule has 0 fully saturated rings. The molecule has 0 spiro atoms. The molecule has 0 unspecified atom stereocenters. The first-order valence-corrected chi connectivity index (χ1v) is 6.69. The molecule has 0 heterocycles. The van der Waals surface area contributed by atoms with Crippen LogP contribution in [0.5, 0.6) is 5.75 Å². The van der Waals surface area contributed by atoms with Gasteiger partial charge in [-0.15, -0.1) is 13.2 Å². The van der Waals surface area contributed by atoms with Crippen LogP contribution in [0.4, 0.5) is 13.2 Å². The molecule has 2 aromatic rings. The van der Waals surface area contributed by atoms with Crippen LogP contribution < -0.4 is 4.74 Å². The minimum atomic E-state index is -4.77. The third kappa shape index (κ3) is 5.03. The number of carbonyl (C=O) groups is 1. The molecule has 0 aromatic heterocycles. The van der Waals surface area contributed by atoms with E-state index in [1.54, 1.807) is 18.2 Å². The molecule has 0 atom stereocenters. The molecule has 120 valence electrons. The van der Waals surface area contributed by atoms with E-state index in [2.05, 4.69) is 4.74 Å². The monoisotopic (exact) mass is 342 g/mol.